The summed E-state index contributed by atoms with van der Waals surface area (Å²) in [5.41, 5.74) is 0. The Morgan fingerprint density at radius 2 is 2.07 bits per heavy atom. The fraction of sp³-hybridized carbons (Fsp3) is 1.00. The van der Waals surface area contributed by atoms with Gasteiger partial charge in [-0.05, 0) is 32.2 Å². The van der Waals surface area contributed by atoms with Crippen LogP contribution in [-0.4, -0.2) is 32.5 Å². The highest BCUT2D eigenvalue weighted by atomic mass is 32.2. The van der Waals surface area contributed by atoms with Gasteiger partial charge in [-0.2, -0.15) is 0 Å². The zero-order valence-electron chi connectivity index (χ0n) is 9.83. The number of sulfone groups is 1. The van der Waals surface area contributed by atoms with Crippen molar-refractivity contribution >= 4 is 9.84 Å². The van der Waals surface area contributed by atoms with E-state index in [2.05, 4.69) is 12.2 Å². The highest BCUT2D eigenvalue weighted by Gasteiger charge is 2.28. The minimum absolute atomic E-state index is 0.106. The van der Waals surface area contributed by atoms with E-state index in [1.165, 1.54) is 19.1 Å². The van der Waals surface area contributed by atoms with Crippen LogP contribution in [0, 0.1) is 0 Å². The molecule has 0 spiro atoms. The maximum atomic E-state index is 11.4. The Morgan fingerprint density at radius 1 is 1.33 bits per heavy atom. The molecule has 1 rings (SSSR count). The Morgan fingerprint density at radius 3 is 2.67 bits per heavy atom. The van der Waals surface area contributed by atoms with Gasteiger partial charge in [-0.15, -0.1) is 0 Å². The lowest BCUT2D eigenvalue weighted by molar-refractivity contribution is 0.370. The lowest BCUT2D eigenvalue weighted by atomic mass is 9.95. The van der Waals surface area contributed by atoms with Crippen molar-refractivity contribution in [2.75, 3.05) is 12.8 Å². The van der Waals surface area contributed by atoms with Gasteiger partial charge in [-0.3, -0.25) is 0 Å². The molecule has 2 unspecified atom stereocenters. The normalized spacial score (nSPS) is 27.9. The summed E-state index contributed by atoms with van der Waals surface area (Å²) >= 11 is 0. The molecule has 0 aromatic rings. The molecule has 90 valence electrons. The second-order valence-corrected chi connectivity index (χ2v) is 6.95. The van der Waals surface area contributed by atoms with Crippen molar-refractivity contribution in [3.63, 3.8) is 0 Å². The maximum absolute atomic E-state index is 11.4. The predicted octanol–water partition coefficient (Wildman–Crippen LogP) is 1.73. The topological polar surface area (TPSA) is 46.2 Å². The first-order valence-electron chi connectivity index (χ1n) is 5.96. The monoisotopic (exact) mass is 233 g/mol. The molecule has 1 N–H and O–H groups in total. The molecule has 0 aromatic carbocycles. The average Bonchev–Trinajstić information content (AvgIpc) is 2.17. The number of hydrogen-bond donors (Lipinski definition) is 1. The zero-order valence-corrected chi connectivity index (χ0v) is 10.6. The standard InChI is InChI=1S/C11H23NO2S/c1-3-4-8-12-10-6-5-7-11(9-10)15(2,13)14/h10-12H,3-9H2,1-2H3. The quantitative estimate of drug-likeness (QED) is 0.736. The summed E-state index contributed by atoms with van der Waals surface area (Å²) in [5.74, 6) is 0. The third-order valence-corrected chi connectivity index (χ3v) is 4.83. The highest BCUT2D eigenvalue weighted by Crippen LogP contribution is 2.23. The average molecular weight is 233 g/mol. The fourth-order valence-corrected chi connectivity index (χ4v) is 3.38. The Labute approximate surface area is 93.6 Å². The van der Waals surface area contributed by atoms with Crippen LogP contribution in [0.2, 0.25) is 0 Å². The maximum Gasteiger partial charge on any atom is 0.150 e. The van der Waals surface area contributed by atoms with Crippen LogP contribution in [0.5, 0.6) is 0 Å². The molecule has 1 aliphatic carbocycles. The fourth-order valence-electron chi connectivity index (χ4n) is 2.20. The van der Waals surface area contributed by atoms with Gasteiger partial charge in [-0.1, -0.05) is 19.8 Å². The summed E-state index contributed by atoms with van der Waals surface area (Å²) < 4.78 is 22.9. The largest absolute Gasteiger partial charge is 0.314 e. The second-order valence-electron chi connectivity index (χ2n) is 4.62. The van der Waals surface area contributed by atoms with Gasteiger partial charge in [-0.25, -0.2) is 8.42 Å². The van der Waals surface area contributed by atoms with E-state index in [9.17, 15) is 8.42 Å². The van der Waals surface area contributed by atoms with Crippen molar-refractivity contribution in [1.29, 1.82) is 0 Å². The molecule has 0 aliphatic heterocycles. The highest BCUT2D eigenvalue weighted by molar-refractivity contribution is 7.91. The molecule has 1 fully saturated rings. The molecule has 0 bridgehead atoms. The molecular formula is C11H23NO2S. The molecule has 15 heavy (non-hydrogen) atoms. The van der Waals surface area contributed by atoms with Crippen molar-refractivity contribution in [1.82, 2.24) is 5.32 Å². The molecule has 2 atom stereocenters. The van der Waals surface area contributed by atoms with Crippen LogP contribution in [0.1, 0.15) is 45.4 Å². The molecule has 3 nitrogen and oxygen atoms in total. The van der Waals surface area contributed by atoms with Crippen LogP contribution >= 0.6 is 0 Å². The summed E-state index contributed by atoms with van der Waals surface area (Å²) in [4.78, 5) is 0. The van der Waals surface area contributed by atoms with Crippen LogP contribution in [-0.2, 0) is 9.84 Å². The third kappa shape index (κ3) is 4.51. The molecule has 0 amide bonds. The lowest BCUT2D eigenvalue weighted by Gasteiger charge is -2.28. The van der Waals surface area contributed by atoms with Gasteiger partial charge in [0.1, 0.15) is 9.84 Å². The van der Waals surface area contributed by atoms with Crippen LogP contribution in [0.15, 0.2) is 0 Å². The summed E-state index contributed by atoms with van der Waals surface area (Å²) in [6.45, 7) is 3.19. The first-order chi connectivity index (χ1) is 7.04. The van der Waals surface area contributed by atoms with Crippen molar-refractivity contribution < 1.29 is 8.42 Å². The van der Waals surface area contributed by atoms with E-state index in [0.29, 0.717) is 6.04 Å². The Kier molecular flexibility index (Phi) is 5.06. The molecule has 1 saturated carbocycles. The summed E-state index contributed by atoms with van der Waals surface area (Å²) in [7, 11) is -2.83. The minimum Gasteiger partial charge on any atom is -0.314 e. The Balaban J connectivity index is 2.36. The van der Waals surface area contributed by atoms with Crippen LogP contribution in [0.25, 0.3) is 0 Å². The summed E-state index contributed by atoms with van der Waals surface area (Å²) in [5, 5.41) is 3.35. The molecular weight excluding hydrogens is 210 g/mol. The van der Waals surface area contributed by atoms with Crippen molar-refractivity contribution in [3.05, 3.63) is 0 Å². The SMILES string of the molecule is CCCCNC1CCCC(S(C)(=O)=O)C1. The van der Waals surface area contributed by atoms with Crippen molar-refractivity contribution in [3.8, 4) is 0 Å². The summed E-state index contributed by atoms with van der Waals surface area (Å²) in [6, 6.07) is 0.421. The van der Waals surface area contributed by atoms with E-state index in [1.807, 2.05) is 0 Å². The Hall–Kier alpha value is -0.0900. The molecule has 0 aromatic heterocycles. The van der Waals surface area contributed by atoms with E-state index >= 15 is 0 Å². The van der Waals surface area contributed by atoms with Gasteiger partial charge in [0.05, 0.1) is 5.25 Å². The van der Waals surface area contributed by atoms with E-state index in [-0.39, 0.29) is 5.25 Å². The molecule has 1 aliphatic rings. The van der Waals surface area contributed by atoms with Gasteiger partial charge in [0.15, 0.2) is 0 Å². The van der Waals surface area contributed by atoms with Gasteiger partial charge < -0.3 is 5.32 Å². The Bertz CT molecular complexity index is 274. The lowest BCUT2D eigenvalue weighted by Crippen LogP contribution is -2.39. The van der Waals surface area contributed by atoms with Gasteiger partial charge in [0.2, 0.25) is 0 Å². The first kappa shape index (κ1) is 13.0. The van der Waals surface area contributed by atoms with E-state index in [0.717, 1.165) is 32.2 Å². The number of nitrogens with one attached hydrogen (secondary N) is 1. The number of hydrogen-bond acceptors (Lipinski definition) is 3. The van der Waals surface area contributed by atoms with Crippen LogP contribution in [0.3, 0.4) is 0 Å². The summed E-state index contributed by atoms with van der Waals surface area (Å²) in [6.07, 6.45) is 7.58. The molecule has 0 heterocycles. The predicted molar refractivity (Wildman–Crippen MR) is 63.8 cm³/mol. The van der Waals surface area contributed by atoms with Crippen molar-refractivity contribution in [2.45, 2.75) is 56.7 Å². The van der Waals surface area contributed by atoms with Crippen LogP contribution in [0.4, 0.5) is 0 Å². The second kappa shape index (κ2) is 5.85. The first-order valence-corrected chi connectivity index (χ1v) is 7.91. The number of rotatable bonds is 5. The zero-order chi connectivity index (χ0) is 11.3. The van der Waals surface area contributed by atoms with E-state index < -0.39 is 9.84 Å². The number of unbranched alkanes of at least 4 members (excludes halogenated alkanes) is 1. The van der Waals surface area contributed by atoms with E-state index in [4.69, 9.17) is 0 Å². The van der Waals surface area contributed by atoms with Gasteiger partial charge in [0, 0.05) is 12.3 Å². The molecule has 0 saturated heterocycles. The van der Waals surface area contributed by atoms with Gasteiger partial charge >= 0.3 is 0 Å². The molecule has 0 radical (unpaired) electrons. The van der Waals surface area contributed by atoms with Gasteiger partial charge in [0.25, 0.3) is 0 Å². The van der Waals surface area contributed by atoms with E-state index in [1.54, 1.807) is 0 Å². The van der Waals surface area contributed by atoms with Crippen molar-refractivity contribution in [2.24, 2.45) is 0 Å². The smallest absolute Gasteiger partial charge is 0.150 e. The van der Waals surface area contributed by atoms with Crippen LogP contribution < -0.4 is 5.32 Å². The minimum atomic E-state index is -2.83. The third-order valence-electron chi connectivity index (χ3n) is 3.19. The molecule has 4 heteroatoms.